The Morgan fingerprint density at radius 3 is 2.13 bits per heavy atom. The molecule has 1 rings (SSSR count). The third-order valence-corrected chi connectivity index (χ3v) is 5.86. The molecule has 0 spiro atoms. The van der Waals surface area contributed by atoms with Gasteiger partial charge in [0.1, 0.15) is 6.04 Å². The Kier molecular flexibility index (Phi) is 5.81. The van der Waals surface area contributed by atoms with Crippen LogP contribution in [0.2, 0.25) is 0 Å². The molecule has 0 bridgehead atoms. The van der Waals surface area contributed by atoms with Crippen LogP contribution in [-0.4, -0.2) is 41.3 Å². The van der Waals surface area contributed by atoms with Crippen molar-refractivity contribution in [2.45, 2.75) is 36.1 Å². The molecular weight excluding hydrogens is 340 g/mol. The summed E-state index contributed by atoms with van der Waals surface area (Å²) in [5, 5.41) is 2.83. The van der Waals surface area contributed by atoms with Crippen molar-refractivity contribution in [1.29, 1.82) is 0 Å². The van der Waals surface area contributed by atoms with Gasteiger partial charge in [0.25, 0.3) is 0 Å². The molecule has 0 aromatic heterocycles. The lowest BCUT2D eigenvalue weighted by molar-refractivity contribution is -0.119. The highest BCUT2D eigenvalue weighted by atomic mass is 32.2. The standard InChI is InChI=1S/C14H22N2O5S2/c1-5-9(2)13(14(15)17)16-11-7-6-10(22(3,18)19)8-12(11)23(4,20)21/h6-9,13,16H,5H2,1-4H3,(H2,15,17). The maximum atomic E-state index is 12.0. The van der Waals surface area contributed by atoms with Crippen LogP contribution in [0.3, 0.4) is 0 Å². The number of benzene rings is 1. The van der Waals surface area contributed by atoms with Gasteiger partial charge < -0.3 is 11.1 Å². The van der Waals surface area contributed by atoms with E-state index in [9.17, 15) is 21.6 Å². The molecule has 0 fully saturated rings. The fourth-order valence-corrected chi connectivity index (χ4v) is 3.65. The van der Waals surface area contributed by atoms with E-state index in [0.29, 0.717) is 6.42 Å². The Balaban J connectivity index is 3.44. The van der Waals surface area contributed by atoms with Gasteiger partial charge in [-0.2, -0.15) is 0 Å². The van der Waals surface area contributed by atoms with Crippen LogP contribution >= 0.6 is 0 Å². The van der Waals surface area contributed by atoms with E-state index in [1.54, 1.807) is 0 Å². The average molecular weight is 362 g/mol. The third kappa shape index (κ3) is 4.93. The van der Waals surface area contributed by atoms with Crippen LogP contribution in [0.5, 0.6) is 0 Å². The van der Waals surface area contributed by atoms with Crippen molar-refractivity contribution < 1.29 is 21.6 Å². The highest BCUT2D eigenvalue weighted by Crippen LogP contribution is 2.27. The smallest absolute Gasteiger partial charge is 0.240 e. The molecular formula is C14H22N2O5S2. The lowest BCUT2D eigenvalue weighted by atomic mass is 9.98. The maximum Gasteiger partial charge on any atom is 0.240 e. The fourth-order valence-electron chi connectivity index (χ4n) is 2.06. The Bertz CT molecular complexity index is 800. The Hall–Kier alpha value is -1.61. The predicted octanol–water partition coefficient (Wildman–Crippen LogP) is 0.805. The molecule has 1 aromatic rings. The van der Waals surface area contributed by atoms with Gasteiger partial charge in [-0.3, -0.25) is 4.79 Å². The molecule has 0 heterocycles. The molecule has 0 aliphatic carbocycles. The van der Waals surface area contributed by atoms with Gasteiger partial charge in [-0.25, -0.2) is 16.8 Å². The van der Waals surface area contributed by atoms with Crippen LogP contribution in [0.4, 0.5) is 5.69 Å². The van der Waals surface area contributed by atoms with E-state index >= 15 is 0 Å². The van der Waals surface area contributed by atoms with Crippen molar-refractivity contribution in [3.8, 4) is 0 Å². The summed E-state index contributed by atoms with van der Waals surface area (Å²) in [5.74, 6) is -0.722. The minimum atomic E-state index is -3.70. The topological polar surface area (TPSA) is 123 Å². The first-order valence-corrected chi connectivity index (χ1v) is 10.8. The van der Waals surface area contributed by atoms with E-state index in [1.807, 2.05) is 13.8 Å². The monoisotopic (exact) mass is 362 g/mol. The summed E-state index contributed by atoms with van der Waals surface area (Å²) >= 11 is 0. The van der Waals surface area contributed by atoms with Gasteiger partial charge in [-0.05, 0) is 24.1 Å². The van der Waals surface area contributed by atoms with Crippen molar-refractivity contribution in [1.82, 2.24) is 0 Å². The van der Waals surface area contributed by atoms with Gasteiger partial charge >= 0.3 is 0 Å². The van der Waals surface area contributed by atoms with Gasteiger partial charge in [0, 0.05) is 12.5 Å². The molecule has 0 saturated carbocycles. The molecule has 2 unspecified atom stereocenters. The molecule has 3 N–H and O–H groups in total. The first-order valence-electron chi connectivity index (χ1n) is 6.98. The Morgan fingerprint density at radius 2 is 1.74 bits per heavy atom. The van der Waals surface area contributed by atoms with Crippen molar-refractivity contribution in [3.05, 3.63) is 18.2 Å². The summed E-state index contributed by atoms with van der Waals surface area (Å²) in [6.07, 6.45) is 2.63. The summed E-state index contributed by atoms with van der Waals surface area (Å²) in [7, 11) is -7.25. The van der Waals surface area contributed by atoms with Gasteiger partial charge in [0.15, 0.2) is 19.7 Å². The highest BCUT2D eigenvalue weighted by molar-refractivity contribution is 7.91. The molecule has 1 aromatic carbocycles. The molecule has 1 amide bonds. The normalized spacial score (nSPS) is 15.0. The third-order valence-electron chi connectivity index (χ3n) is 3.61. The second-order valence-electron chi connectivity index (χ2n) is 5.61. The van der Waals surface area contributed by atoms with Crippen LogP contribution in [0.25, 0.3) is 0 Å². The predicted molar refractivity (Wildman–Crippen MR) is 88.7 cm³/mol. The van der Waals surface area contributed by atoms with E-state index in [0.717, 1.165) is 18.6 Å². The van der Waals surface area contributed by atoms with E-state index in [1.165, 1.54) is 12.1 Å². The van der Waals surface area contributed by atoms with E-state index in [-0.39, 0.29) is 21.4 Å². The highest BCUT2D eigenvalue weighted by Gasteiger charge is 2.25. The van der Waals surface area contributed by atoms with Crippen LogP contribution in [0, 0.1) is 5.92 Å². The summed E-state index contributed by atoms with van der Waals surface area (Å²) in [5.41, 5.74) is 5.53. The largest absolute Gasteiger partial charge is 0.372 e. The zero-order valence-electron chi connectivity index (χ0n) is 13.5. The quantitative estimate of drug-likeness (QED) is 0.739. The molecule has 23 heavy (non-hydrogen) atoms. The van der Waals surface area contributed by atoms with Crippen LogP contribution in [0.15, 0.2) is 28.0 Å². The van der Waals surface area contributed by atoms with E-state index < -0.39 is 31.6 Å². The van der Waals surface area contributed by atoms with Crippen LogP contribution in [-0.2, 0) is 24.5 Å². The minimum Gasteiger partial charge on any atom is -0.372 e. The SMILES string of the molecule is CCC(C)C(Nc1ccc(S(C)(=O)=O)cc1S(C)(=O)=O)C(N)=O. The lowest BCUT2D eigenvalue weighted by Crippen LogP contribution is -2.40. The summed E-state index contributed by atoms with van der Waals surface area (Å²) in [4.78, 5) is 11.3. The van der Waals surface area contributed by atoms with Crippen molar-refractivity contribution in [2.24, 2.45) is 11.7 Å². The fraction of sp³-hybridized carbons (Fsp3) is 0.500. The van der Waals surface area contributed by atoms with Crippen molar-refractivity contribution in [2.75, 3.05) is 17.8 Å². The number of primary amides is 1. The molecule has 9 heteroatoms. The Morgan fingerprint density at radius 1 is 1.17 bits per heavy atom. The number of anilines is 1. The zero-order valence-corrected chi connectivity index (χ0v) is 15.2. The first-order chi connectivity index (χ1) is 10.4. The number of sulfone groups is 2. The zero-order chi connectivity index (χ0) is 18.0. The number of hydrogen-bond acceptors (Lipinski definition) is 6. The van der Waals surface area contributed by atoms with E-state index in [4.69, 9.17) is 5.73 Å². The Labute approximate surface area is 137 Å². The van der Waals surface area contributed by atoms with Gasteiger partial charge in [0.05, 0.1) is 15.5 Å². The number of nitrogens with one attached hydrogen (secondary N) is 1. The molecule has 0 aliphatic heterocycles. The van der Waals surface area contributed by atoms with Crippen molar-refractivity contribution in [3.63, 3.8) is 0 Å². The van der Waals surface area contributed by atoms with Crippen molar-refractivity contribution >= 4 is 31.3 Å². The number of rotatable bonds is 7. The average Bonchev–Trinajstić information content (AvgIpc) is 2.41. The van der Waals surface area contributed by atoms with Crippen LogP contribution < -0.4 is 11.1 Å². The van der Waals surface area contributed by atoms with Gasteiger partial charge in [0.2, 0.25) is 5.91 Å². The number of hydrogen-bond donors (Lipinski definition) is 2. The number of amides is 1. The molecule has 0 saturated heterocycles. The molecule has 0 radical (unpaired) electrons. The summed E-state index contributed by atoms with van der Waals surface area (Å²) in [6, 6.07) is 2.96. The van der Waals surface area contributed by atoms with E-state index in [2.05, 4.69) is 5.32 Å². The molecule has 0 aliphatic rings. The lowest BCUT2D eigenvalue weighted by Gasteiger charge is -2.23. The first kappa shape index (κ1) is 19.4. The number of carbonyl (C=O) groups is 1. The summed E-state index contributed by atoms with van der Waals surface area (Å²) < 4.78 is 47.2. The van der Waals surface area contributed by atoms with Gasteiger partial charge in [-0.15, -0.1) is 0 Å². The summed E-state index contributed by atoms with van der Waals surface area (Å²) in [6.45, 7) is 3.69. The minimum absolute atomic E-state index is 0.109. The second-order valence-corrected chi connectivity index (χ2v) is 9.61. The van der Waals surface area contributed by atoms with Crippen LogP contribution in [0.1, 0.15) is 20.3 Å². The molecule has 7 nitrogen and oxygen atoms in total. The number of carbonyl (C=O) groups excluding carboxylic acids is 1. The second kappa shape index (κ2) is 6.88. The molecule has 130 valence electrons. The maximum absolute atomic E-state index is 12.0. The molecule has 2 atom stereocenters. The van der Waals surface area contributed by atoms with Gasteiger partial charge in [-0.1, -0.05) is 20.3 Å². The number of nitrogens with two attached hydrogens (primary N) is 1.